The summed E-state index contributed by atoms with van der Waals surface area (Å²) in [6, 6.07) is 66.5. The van der Waals surface area contributed by atoms with E-state index in [2.05, 4.69) is 181 Å². The zero-order valence-electron chi connectivity index (χ0n) is 30.7. The van der Waals surface area contributed by atoms with Crippen LogP contribution in [0.15, 0.2) is 186 Å². The second-order valence-corrected chi connectivity index (χ2v) is 15.7. The van der Waals surface area contributed by atoms with Crippen LogP contribution in [-0.2, 0) is 0 Å². The molecule has 0 N–H and O–H groups in total. The van der Waals surface area contributed by atoms with E-state index in [1.807, 2.05) is 6.07 Å². The Kier molecular flexibility index (Phi) is 7.69. The molecule has 0 amide bonds. The van der Waals surface area contributed by atoms with E-state index in [0.29, 0.717) is 0 Å². The maximum absolute atomic E-state index is 6.47. The molecule has 2 heteroatoms. The Hall–Kier alpha value is -6.38. The average molecular weight is 708 g/mol. The van der Waals surface area contributed by atoms with Crippen LogP contribution in [0.2, 0.25) is 0 Å². The molecule has 1 heterocycles. The SMILES string of the molecule is c1ccc(-c2cccc3cccc(-c4ccccc4N(c4ccc(-c5ccc(C6CC7CCC6C7)cc5)cc4)c4ccc5c(c4)oc4ccccc45)c23)cc1. The average Bonchev–Trinajstić information content (AvgIpc) is 3.99. The number of fused-ring (bicyclic) bond motifs is 6. The third kappa shape index (κ3) is 5.55. The Labute approximate surface area is 322 Å². The van der Waals surface area contributed by atoms with E-state index >= 15 is 0 Å². The molecule has 1 aromatic heterocycles. The third-order valence-corrected chi connectivity index (χ3v) is 12.6. The van der Waals surface area contributed by atoms with Crippen molar-refractivity contribution >= 4 is 49.8 Å². The predicted octanol–water partition coefficient (Wildman–Crippen LogP) is 15.1. The van der Waals surface area contributed by atoms with Crippen molar-refractivity contribution in [2.45, 2.75) is 31.6 Å². The lowest BCUT2D eigenvalue weighted by Crippen LogP contribution is -2.11. The van der Waals surface area contributed by atoms with Gasteiger partial charge < -0.3 is 9.32 Å². The van der Waals surface area contributed by atoms with Crippen LogP contribution in [-0.4, -0.2) is 0 Å². The molecule has 2 nitrogen and oxygen atoms in total. The number of para-hydroxylation sites is 2. The molecule has 264 valence electrons. The van der Waals surface area contributed by atoms with Crippen molar-refractivity contribution in [2.75, 3.05) is 4.90 Å². The van der Waals surface area contributed by atoms with Gasteiger partial charge in [-0.3, -0.25) is 0 Å². The lowest BCUT2D eigenvalue weighted by Gasteiger charge is -2.28. The molecule has 9 aromatic rings. The summed E-state index contributed by atoms with van der Waals surface area (Å²) in [5.74, 6) is 2.59. The van der Waals surface area contributed by atoms with Gasteiger partial charge in [0, 0.05) is 33.8 Å². The molecule has 8 aromatic carbocycles. The highest BCUT2D eigenvalue weighted by Crippen LogP contribution is 2.53. The van der Waals surface area contributed by atoms with Gasteiger partial charge in [0.25, 0.3) is 0 Å². The molecule has 0 aliphatic heterocycles. The minimum atomic E-state index is 0.749. The van der Waals surface area contributed by atoms with Gasteiger partial charge in [-0.2, -0.15) is 0 Å². The number of nitrogens with zero attached hydrogens (tertiary/aromatic N) is 1. The van der Waals surface area contributed by atoms with Gasteiger partial charge in [0.05, 0.1) is 5.69 Å². The lowest BCUT2D eigenvalue weighted by molar-refractivity contribution is 0.420. The van der Waals surface area contributed by atoms with Crippen molar-refractivity contribution in [3.05, 3.63) is 188 Å². The van der Waals surface area contributed by atoms with Crippen LogP contribution >= 0.6 is 0 Å². The molecule has 0 radical (unpaired) electrons. The third-order valence-electron chi connectivity index (χ3n) is 12.6. The Bertz CT molecular complexity index is 2830. The van der Waals surface area contributed by atoms with Gasteiger partial charge in [-0.25, -0.2) is 0 Å². The minimum Gasteiger partial charge on any atom is -0.456 e. The number of benzene rings is 8. The molecule has 2 saturated carbocycles. The van der Waals surface area contributed by atoms with Gasteiger partial charge in [0.15, 0.2) is 0 Å². The Morgan fingerprint density at radius 1 is 0.455 bits per heavy atom. The van der Waals surface area contributed by atoms with Crippen LogP contribution in [0.3, 0.4) is 0 Å². The molecule has 55 heavy (non-hydrogen) atoms. The van der Waals surface area contributed by atoms with Crippen molar-refractivity contribution in [3.8, 4) is 33.4 Å². The summed E-state index contributed by atoms with van der Waals surface area (Å²) in [5, 5.41) is 4.73. The summed E-state index contributed by atoms with van der Waals surface area (Å²) in [6.45, 7) is 0. The fraction of sp³-hybridized carbons (Fsp3) is 0.132. The van der Waals surface area contributed by atoms with Crippen LogP contribution in [0.5, 0.6) is 0 Å². The number of rotatable bonds is 7. The monoisotopic (exact) mass is 707 g/mol. The predicted molar refractivity (Wildman–Crippen MR) is 230 cm³/mol. The van der Waals surface area contributed by atoms with Crippen LogP contribution in [0.1, 0.15) is 37.2 Å². The van der Waals surface area contributed by atoms with Gasteiger partial charge in [-0.05, 0) is 118 Å². The first kappa shape index (κ1) is 32.1. The summed E-state index contributed by atoms with van der Waals surface area (Å²) in [7, 11) is 0. The first-order valence-electron chi connectivity index (χ1n) is 19.8. The molecule has 3 atom stereocenters. The van der Waals surface area contributed by atoms with E-state index in [1.54, 1.807) is 0 Å². The van der Waals surface area contributed by atoms with Crippen LogP contribution < -0.4 is 4.90 Å². The molecule has 11 rings (SSSR count). The van der Waals surface area contributed by atoms with Crippen molar-refractivity contribution in [1.29, 1.82) is 0 Å². The molecule has 2 aliphatic rings. The molecule has 3 unspecified atom stereocenters. The first-order valence-corrected chi connectivity index (χ1v) is 19.8. The maximum atomic E-state index is 6.47. The number of furan rings is 1. The summed E-state index contributed by atoms with van der Waals surface area (Å²) in [5.41, 5.74) is 13.9. The maximum Gasteiger partial charge on any atom is 0.137 e. The summed E-state index contributed by atoms with van der Waals surface area (Å²) in [4.78, 5) is 2.40. The standard InChI is InChI=1S/C53H41NO/c1-2-10-38(11-3-1)44-16-8-12-40-13-9-17-48(53(40)44)45-14-4-6-18-50(45)54(43-30-31-47-46-15-5-7-19-51(46)55-52(47)34-43)42-28-26-37(27-29-42)36-22-24-39(25-23-36)49-33-35-20-21-41(49)32-35/h1-19,22-31,34-35,41,49H,20-21,32-33H2. The first-order chi connectivity index (χ1) is 27.2. The minimum absolute atomic E-state index is 0.749. The summed E-state index contributed by atoms with van der Waals surface area (Å²) in [6.07, 6.45) is 5.67. The zero-order valence-corrected chi connectivity index (χ0v) is 30.7. The Morgan fingerprint density at radius 3 is 1.91 bits per heavy atom. The fourth-order valence-corrected chi connectivity index (χ4v) is 9.98. The van der Waals surface area contributed by atoms with E-state index in [9.17, 15) is 0 Å². The smallest absolute Gasteiger partial charge is 0.137 e. The zero-order chi connectivity index (χ0) is 36.3. The molecular formula is C53H41NO. The molecule has 0 spiro atoms. The fourth-order valence-electron chi connectivity index (χ4n) is 9.98. The van der Waals surface area contributed by atoms with Crippen molar-refractivity contribution in [2.24, 2.45) is 11.8 Å². The topological polar surface area (TPSA) is 16.4 Å². The highest BCUT2D eigenvalue weighted by Gasteiger charge is 2.40. The second-order valence-electron chi connectivity index (χ2n) is 15.7. The quantitative estimate of drug-likeness (QED) is 0.164. The molecule has 2 bridgehead atoms. The van der Waals surface area contributed by atoms with E-state index in [-0.39, 0.29) is 0 Å². The Balaban J connectivity index is 1.05. The molecule has 0 saturated heterocycles. The number of anilines is 3. The normalized spacial score (nSPS) is 17.7. The lowest BCUT2D eigenvalue weighted by atomic mass is 9.83. The number of hydrogen-bond donors (Lipinski definition) is 0. The largest absolute Gasteiger partial charge is 0.456 e. The van der Waals surface area contributed by atoms with Crippen molar-refractivity contribution in [1.82, 2.24) is 0 Å². The Morgan fingerprint density at radius 2 is 1.13 bits per heavy atom. The van der Waals surface area contributed by atoms with Gasteiger partial charge in [-0.1, -0.05) is 146 Å². The van der Waals surface area contributed by atoms with Crippen molar-refractivity contribution < 1.29 is 4.42 Å². The highest BCUT2D eigenvalue weighted by atomic mass is 16.3. The van der Waals surface area contributed by atoms with Gasteiger partial charge >= 0.3 is 0 Å². The second kappa shape index (κ2) is 13.2. The summed E-state index contributed by atoms with van der Waals surface area (Å²) >= 11 is 0. The van der Waals surface area contributed by atoms with Crippen molar-refractivity contribution in [3.63, 3.8) is 0 Å². The molecule has 2 fully saturated rings. The van der Waals surface area contributed by atoms with Gasteiger partial charge in [-0.15, -0.1) is 0 Å². The highest BCUT2D eigenvalue weighted by molar-refractivity contribution is 6.10. The van der Waals surface area contributed by atoms with Crippen LogP contribution in [0, 0.1) is 11.8 Å². The van der Waals surface area contributed by atoms with Crippen LogP contribution in [0.25, 0.3) is 66.1 Å². The van der Waals surface area contributed by atoms with E-state index in [1.165, 1.54) is 75.4 Å². The van der Waals surface area contributed by atoms with E-state index < -0.39 is 0 Å². The molecular weight excluding hydrogens is 667 g/mol. The van der Waals surface area contributed by atoms with E-state index in [0.717, 1.165) is 56.8 Å². The number of hydrogen-bond acceptors (Lipinski definition) is 2. The summed E-state index contributed by atoms with van der Waals surface area (Å²) < 4.78 is 6.47. The van der Waals surface area contributed by atoms with E-state index in [4.69, 9.17) is 4.42 Å². The van der Waals surface area contributed by atoms with Gasteiger partial charge in [0.2, 0.25) is 0 Å². The van der Waals surface area contributed by atoms with Gasteiger partial charge in [0.1, 0.15) is 11.2 Å². The molecule has 2 aliphatic carbocycles. The van der Waals surface area contributed by atoms with Crippen LogP contribution in [0.4, 0.5) is 17.1 Å².